The Kier molecular flexibility index (Phi) is 4.72. The van der Waals surface area contributed by atoms with Crippen LogP contribution in [0, 0.1) is 11.3 Å². The van der Waals surface area contributed by atoms with E-state index >= 15 is 0 Å². The second kappa shape index (κ2) is 7.57. The van der Waals surface area contributed by atoms with Gasteiger partial charge < -0.3 is 9.88 Å². The predicted octanol–water partition coefficient (Wildman–Crippen LogP) is 5.44. The standard InChI is InChI=1S/C25H19ClN4O/c1-15-24-23(18-7-3-5-9-21(18)29-24)19(17-6-2-4-8-20(17)26)14-30(15)25(31)22-11-10-16(12-27)13-28-22/h2-11,13,15,19,29H,14H2,1H3. The van der Waals surface area contributed by atoms with E-state index in [0.29, 0.717) is 22.8 Å². The van der Waals surface area contributed by atoms with E-state index < -0.39 is 0 Å². The number of nitrogens with zero attached hydrogens (tertiary/aromatic N) is 3. The normalized spacial score (nSPS) is 17.9. The topological polar surface area (TPSA) is 72.8 Å². The minimum Gasteiger partial charge on any atom is -0.356 e. The van der Waals surface area contributed by atoms with Gasteiger partial charge in [0.15, 0.2) is 0 Å². The fourth-order valence-electron chi connectivity index (χ4n) is 4.50. The van der Waals surface area contributed by atoms with Gasteiger partial charge in [-0.1, -0.05) is 48.0 Å². The lowest BCUT2D eigenvalue weighted by atomic mass is 9.83. The molecule has 3 heterocycles. The van der Waals surface area contributed by atoms with Crippen LogP contribution in [0.15, 0.2) is 66.9 Å². The van der Waals surface area contributed by atoms with Crippen LogP contribution in [0.25, 0.3) is 10.9 Å². The third-order valence-corrected chi connectivity index (χ3v) is 6.39. The number of aromatic nitrogens is 2. The van der Waals surface area contributed by atoms with Gasteiger partial charge in [0.2, 0.25) is 0 Å². The molecule has 4 aromatic rings. The monoisotopic (exact) mass is 426 g/mol. The molecular formula is C25H19ClN4O. The molecular weight excluding hydrogens is 408 g/mol. The van der Waals surface area contributed by atoms with Gasteiger partial charge in [-0.2, -0.15) is 5.26 Å². The SMILES string of the molecule is CC1c2[nH]c3ccccc3c2C(c2ccccc2Cl)CN1C(=O)c1ccc(C#N)cn1. The summed E-state index contributed by atoms with van der Waals surface area (Å²) in [4.78, 5) is 23.0. The van der Waals surface area contributed by atoms with Crippen LogP contribution in [0.5, 0.6) is 0 Å². The van der Waals surface area contributed by atoms with Crippen molar-refractivity contribution < 1.29 is 4.79 Å². The number of benzene rings is 2. The van der Waals surface area contributed by atoms with Crippen molar-refractivity contribution in [3.8, 4) is 6.07 Å². The predicted molar refractivity (Wildman–Crippen MR) is 120 cm³/mol. The van der Waals surface area contributed by atoms with Crippen LogP contribution in [-0.4, -0.2) is 27.3 Å². The average molecular weight is 427 g/mol. The van der Waals surface area contributed by atoms with E-state index in [1.165, 1.54) is 11.8 Å². The lowest BCUT2D eigenvalue weighted by Gasteiger charge is -2.38. The second-order valence-corrected chi connectivity index (χ2v) is 8.16. The van der Waals surface area contributed by atoms with Gasteiger partial charge in [0, 0.05) is 40.3 Å². The number of aromatic amines is 1. The van der Waals surface area contributed by atoms with Crippen LogP contribution in [0.3, 0.4) is 0 Å². The van der Waals surface area contributed by atoms with Gasteiger partial charge in [0.25, 0.3) is 5.91 Å². The highest BCUT2D eigenvalue weighted by Gasteiger charge is 2.38. The Labute approximate surface area is 184 Å². The highest BCUT2D eigenvalue weighted by Crippen LogP contribution is 2.44. The highest BCUT2D eigenvalue weighted by molar-refractivity contribution is 6.31. The molecule has 152 valence electrons. The number of nitrogens with one attached hydrogen (secondary N) is 1. The van der Waals surface area contributed by atoms with Crippen molar-refractivity contribution in [2.24, 2.45) is 0 Å². The largest absolute Gasteiger partial charge is 0.356 e. The first-order valence-electron chi connectivity index (χ1n) is 10.1. The summed E-state index contributed by atoms with van der Waals surface area (Å²) in [6.07, 6.45) is 1.43. The quantitative estimate of drug-likeness (QED) is 0.464. The van der Waals surface area contributed by atoms with Crippen LogP contribution >= 0.6 is 11.6 Å². The van der Waals surface area contributed by atoms with Gasteiger partial charge in [0.05, 0.1) is 11.6 Å². The molecule has 2 unspecified atom stereocenters. The lowest BCUT2D eigenvalue weighted by Crippen LogP contribution is -2.41. The van der Waals surface area contributed by atoms with E-state index in [0.717, 1.165) is 22.2 Å². The number of amides is 1. The molecule has 2 atom stereocenters. The number of hydrogen-bond acceptors (Lipinski definition) is 3. The molecule has 2 aromatic heterocycles. The van der Waals surface area contributed by atoms with Gasteiger partial charge in [0.1, 0.15) is 11.8 Å². The van der Waals surface area contributed by atoms with E-state index in [2.05, 4.69) is 22.1 Å². The van der Waals surface area contributed by atoms with Crippen molar-refractivity contribution in [2.45, 2.75) is 18.9 Å². The number of hydrogen-bond donors (Lipinski definition) is 1. The van der Waals surface area contributed by atoms with E-state index in [1.54, 1.807) is 12.1 Å². The Hall–Kier alpha value is -3.62. The Balaban J connectivity index is 1.65. The van der Waals surface area contributed by atoms with E-state index in [1.807, 2.05) is 54.3 Å². The second-order valence-electron chi connectivity index (χ2n) is 7.75. The first-order valence-corrected chi connectivity index (χ1v) is 10.5. The lowest BCUT2D eigenvalue weighted by molar-refractivity contribution is 0.0656. The zero-order chi connectivity index (χ0) is 21.5. The Bertz CT molecular complexity index is 1340. The summed E-state index contributed by atoms with van der Waals surface area (Å²) in [5.41, 5.74) is 4.99. The number of rotatable bonds is 2. The van der Waals surface area contributed by atoms with Crippen molar-refractivity contribution in [1.82, 2.24) is 14.9 Å². The van der Waals surface area contributed by atoms with Gasteiger partial charge >= 0.3 is 0 Å². The molecule has 0 spiro atoms. The molecule has 5 rings (SSSR count). The van der Waals surface area contributed by atoms with Crippen molar-refractivity contribution >= 4 is 28.4 Å². The van der Waals surface area contributed by atoms with Crippen LogP contribution in [0.1, 0.15) is 51.8 Å². The first kappa shape index (κ1) is 19.3. The molecule has 0 radical (unpaired) electrons. The zero-order valence-electron chi connectivity index (χ0n) is 16.8. The Morgan fingerprint density at radius 3 is 2.68 bits per heavy atom. The van der Waals surface area contributed by atoms with Gasteiger partial charge in [-0.25, -0.2) is 4.98 Å². The summed E-state index contributed by atoms with van der Waals surface area (Å²) in [5.74, 6) is -0.239. The minimum absolute atomic E-state index is 0.0709. The Morgan fingerprint density at radius 1 is 1.16 bits per heavy atom. The van der Waals surface area contributed by atoms with E-state index in [4.69, 9.17) is 16.9 Å². The summed E-state index contributed by atoms with van der Waals surface area (Å²) in [6, 6.07) is 21.1. The molecule has 0 saturated carbocycles. The first-order chi connectivity index (χ1) is 15.1. The number of para-hydroxylation sites is 1. The van der Waals surface area contributed by atoms with Crippen molar-refractivity contribution in [1.29, 1.82) is 5.26 Å². The molecule has 2 aromatic carbocycles. The van der Waals surface area contributed by atoms with Crippen LogP contribution < -0.4 is 0 Å². The molecule has 6 heteroatoms. The van der Waals surface area contributed by atoms with Crippen molar-refractivity contribution in [2.75, 3.05) is 6.54 Å². The molecule has 31 heavy (non-hydrogen) atoms. The van der Waals surface area contributed by atoms with Gasteiger partial charge in [-0.15, -0.1) is 0 Å². The number of carbonyl (C=O) groups is 1. The highest BCUT2D eigenvalue weighted by atomic mass is 35.5. The van der Waals surface area contributed by atoms with Crippen LogP contribution in [0.4, 0.5) is 0 Å². The number of fused-ring (bicyclic) bond motifs is 3. The Morgan fingerprint density at radius 2 is 1.94 bits per heavy atom. The molecule has 0 saturated heterocycles. The molecule has 1 aliphatic rings. The van der Waals surface area contributed by atoms with Crippen molar-refractivity contribution in [3.05, 3.63) is 100.0 Å². The fraction of sp³-hybridized carbons (Fsp3) is 0.160. The van der Waals surface area contributed by atoms with E-state index in [9.17, 15) is 4.79 Å². The molecule has 0 fully saturated rings. The average Bonchev–Trinajstić information content (AvgIpc) is 3.20. The molecule has 1 N–H and O–H groups in total. The number of nitriles is 1. The molecule has 1 aliphatic heterocycles. The van der Waals surface area contributed by atoms with Crippen LogP contribution in [-0.2, 0) is 0 Å². The third kappa shape index (κ3) is 3.17. The summed E-state index contributed by atoms with van der Waals surface area (Å²) in [7, 11) is 0. The van der Waals surface area contributed by atoms with Gasteiger partial charge in [-0.05, 0) is 42.3 Å². The fourth-order valence-corrected chi connectivity index (χ4v) is 4.76. The number of pyridine rings is 1. The minimum atomic E-state index is -0.168. The molecule has 0 aliphatic carbocycles. The maximum atomic E-state index is 13.4. The molecule has 5 nitrogen and oxygen atoms in total. The van der Waals surface area contributed by atoms with Gasteiger partial charge in [-0.3, -0.25) is 4.79 Å². The van der Waals surface area contributed by atoms with Crippen LogP contribution in [0.2, 0.25) is 5.02 Å². The number of carbonyl (C=O) groups excluding carboxylic acids is 1. The maximum absolute atomic E-state index is 13.4. The summed E-state index contributed by atoms with van der Waals surface area (Å²) in [5, 5.41) is 10.9. The maximum Gasteiger partial charge on any atom is 0.273 e. The third-order valence-electron chi connectivity index (χ3n) is 6.04. The summed E-state index contributed by atoms with van der Waals surface area (Å²) >= 11 is 6.60. The zero-order valence-corrected chi connectivity index (χ0v) is 17.6. The molecule has 1 amide bonds. The molecule has 0 bridgehead atoms. The summed E-state index contributed by atoms with van der Waals surface area (Å²) in [6.45, 7) is 2.51. The van der Waals surface area contributed by atoms with E-state index in [-0.39, 0.29) is 17.9 Å². The summed E-state index contributed by atoms with van der Waals surface area (Å²) < 4.78 is 0. The van der Waals surface area contributed by atoms with Crippen molar-refractivity contribution in [3.63, 3.8) is 0 Å². The number of halogens is 1. The number of H-pyrrole nitrogens is 1. The smallest absolute Gasteiger partial charge is 0.273 e.